The molecule has 1 aliphatic heterocycles. The van der Waals surface area contributed by atoms with E-state index in [0.717, 1.165) is 0 Å². The highest BCUT2D eigenvalue weighted by molar-refractivity contribution is 7.99. The van der Waals surface area contributed by atoms with Crippen molar-refractivity contribution < 1.29 is 19.4 Å². The number of ether oxygens (including phenoxy) is 1. The molecule has 0 spiro atoms. The molecule has 0 radical (unpaired) electrons. The number of aliphatic hydroxyl groups is 1. The summed E-state index contributed by atoms with van der Waals surface area (Å²) in [6.45, 7) is 1.03. The summed E-state index contributed by atoms with van der Waals surface area (Å²) in [5.41, 5.74) is 4.46. The van der Waals surface area contributed by atoms with Gasteiger partial charge in [-0.25, -0.2) is 0 Å². The van der Waals surface area contributed by atoms with Gasteiger partial charge in [0, 0.05) is 25.4 Å². The zero-order chi connectivity index (χ0) is 13.4. The number of carbonyl (C=O) groups is 2. The number of hydrogen-bond donors (Lipinski definition) is 3. The molecule has 1 saturated heterocycles. The van der Waals surface area contributed by atoms with E-state index in [0.29, 0.717) is 38.2 Å². The SMILES string of the molecule is NC(=O)CSCCC(=O)NC1(CO)CCOCC1. The first-order chi connectivity index (χ1) is 8.58. The van der Waals surface area contributed by atoms with E-state index in [-0.39, 0.29) is 24.2 Å². The van der Waals surface area contributed by atoms with E-state index >= 15 is 0 Å². The van der Waals surface area contributed by atoms with E-state index in [9.17, 15) is 14.7 Å². The van der Waals surface area contributed by atoms with Crippen molar-refractivity contribution in [3.05, 3.63) is 0 Å². The lowest BCUT2D eigenvalue weighted by Gasteiger charge is -2.36. The maximum Gasteiger partial charge on any atom is 0.227 e. The zero-order valence-electron chi connectivity index (χ0n) is 10.3. The van der Waals surface area contributed by atoms with E-state index < -0.39 is 5.54 Å². The third-order valence-electron chi connectivity index (χ3n) is 2.87. The fraction of sp³-hybridized carbons (Fsp3) is 0.818. The fourth-order valence-electron chi connectivity index (χ4n) is 1.78. The Balaban J connectivity index is 2.26. The standard InChI is InChI=1S/C11H20N2O4S/c12-9(15)7-18-6-1-10(16)13-11(8-14)2-4-17-5-3-11/h14H,1-8H2,(H2,12,15)(H,13,16). The summed E-state index contributed by atoms with van der Waals surface area (Å²) in [4.78, 5) is 22.2. The van der Waals surface area contributed by atoms with Gasteiger partial charge in [-0.05, 0) is 12.8 Å². The Morgan fingerprint density at radius 1 is 1.39 bits per heavy atom. The summed E-state index contributed by atoms with van der Waals surface area (Å²) >= 11 is 1.34. The lowest BCUT2D eigenvalue weighted by atomic mass is 9.91. The number of nitrogens with one attached hydrogen (secondary N) is 1. The molecule has 6 nitrogen and oxygen atoms in total. The molecule has 0 saturated carbocycles. The second-order valence-corrected chi connectivity index (χ2v) is 5.47. The van der Waals surface area contributed by atoms with Gasteiger partial charge in [-0.3, -0.25) is 9.59 Å². The summed E-state index contributed by atoms with van der Waals surface area (Å²) in [5.74, 6) is 0.290. The van der Waals surface area contributed by atoms with Gasteiger partial charge in [-0.15, -0.1) is 0 Å². The van der Waals surface area contributed by atoms with Crippen LogP contribution in [0.5, 0.6) is 0 Å². The minimum Gasteiger partial charge on any atom is -0.394 e. The quantitative estimate of drug-likeness (QED) is 0.531. The molecule has 0 aromatic heterocycles. The molecule has 1 aliphatic rings. The molecule has 0 unspecified atom stereocenters. The Bertz CT molecular complexity index is 293. The number of hydrogen-bond acceptors (Lipinski definition) is 5. The van der Waals surface area contributed by atoms with Gasteiger partial charge in [-0.2, -0.15) is 11.8 Å². The predicted octanol–water partition coefficient (Wildman–Crippen LogP) is -0.747. The van der Waals surface area contributed by atoms with E-state index in [1.165, 1.54) is 11.8 Å². The molecule has 1 heterocycles. The van der Waals surface area contributed by atoms with Crippen molar-refractivity contribution in [3.8, 4) is 0 Å². The highest BCUT2D eigenvalue weighted by Gasteiger charge is 2.33. The summed E-state index contributed by atoms with van der Waals surface area (Å²) < 4.78 is 5.22. The van der Waals surface area contributed by atoms with Gasteiger partial charge in [0.25, 0.3) is 0 Å². The maximum absolute atomic E-state index is 11.7. The second-order valence-electron chi connectivity index (χ2n) is 4.37. The van der Waals surface area contributed by atoms with Gasteiger partial charge in [-0.1, -0.05) is 0 Å². The van der Waals surface area contributed by atoms with E-state index in [1.54, 1.807) is 0 Å². The number of rotatable bonds is 7. The first-order valence-electron chi connectivity index (χ1n) is 5.94. The number of primary amides is 1. The van der Waals surface area contributed by atoms with Gasteiger partial charge < -0.3 is 20.9 Å². The molecule has 0 aromatic rings. The molecule has 4 N–H and O–H groups in total. The third kappa shape index (κ3) is 5.24. The first kappa shape index (κ1) is 15.3. The summed E-state index contributed by atoms with van der Waals surface area (Å²) in [6, 6.07) is 0. The minimum atomic E-state index is -0.538. The number of thioether (sulfide) groups is 1. The van der Waals surface area contributed by atoms with Crippen LogP contribution in [0.2, 0.25) is 0 Å². The Hall–Kier alpha value is -0.790. The molecule has 0 atom stereocenters. The van der Waals surface area contributed by atoms with Crippen LogP contribution in [0.15, 0.2) is 0 Å². The molecular weight excluding hydrogens is 256 g/mol. The minimum absolute atomic E-state index is 0.0729. The topological polar surface area (TPSA) is 102 Å². The average Bonchev–Trinajstić information content (AvgIpc) is 2.35. The van der Waals surface area contributed by atoms with Crippen molar-refractivity contribution in [2.45, 2.75) is 24.8 Å². The van der Waals surface area contributed by atoms with Crippen LogP contribution in [0.4, 0.5) is 0 Å². The molecule has 0 bridgehead atoms. The molecule has 1 fully saturated rings. The van der Waals surface area contributed by atoms with Crippen LogP contribution in [-0.4, -0.2) is 53.8 Å². The van der Waals surface area contributed by atoms with Gasteiger partial charge in [0.2, 0.25) is 11.8 Å². The number of nitrogens with two attached hydrogens (primary N) is 1. The van der Waals surface area contributed by atoms with Crippen LogP contribution in [0.1, 0.15) is 19.3 Å². The van der Waals surface area contributed by atoms with E-state index in [2.05, 4.69) is 5.32 Å². The molecule has 7 heteroatoms. The number of amides is 2. The lowest BCUT2D eigenvalue weighted by Crippen LogP contribution is -2.54. The Kier molecular flexibility index (Phi) is 6.45. The van der Waals surface area contributed by atoms with Crippen LogP contribution < -0.4 is 11.1 Å². The van der Waals surface area contributed by atoms with Gasteiger partial charge >= 0.3 is 0 Å². The first-order valence-corrected chi connectivity index (χ1v) is 7.09. The van der Waals surface area contributed by atoms with Crippen LogP contribution in [-0.2, 0) is 14.3 Å². The second kappa shape index (κ2) is 7.60. The highest BCUT2D eigenvalue weighted by Crippen LogP contribution is 2.20. The molecule has 0 aliphatic carbocycles. The van der Waals surface area contributed by atoms with E-state index in [1.807, 2.05) is 0 Å². The van der Waals surface area contributed by atoms with Crippen molar-refractivity contribution >= 4 is 23.6 Å². The third-order valence-corrected chi connectivity index (χ3v) is 3.86. The van der Waals surface area contributed by atoms with Crippen molar-refractivity contribution in [1.82, 2.24) is 5.32 Å². The van der Waals surface area contributed by atoms with Crippen LogP contribution in [0.25, 0.3) is 0 Å². The van der Waals surface area contributed by atoms with Gasteiger partial charge in [0.1, 0.15) is 0 Å². The monoisotopic (exact) mass is 276 g/mol. The predicted molar refractivity (Wildman–Crippen MR) is 69.1 cm³/mol. The molecule has 104 valence electrons. The smallest absolute Gasteiger partial charge is 0.227 e. The summed E-state index contributed by atoms with van der Waals surface area (Å²) in [7, 11) is 0. The largest absolute Gasteiger partial charge is 0.394 e. The van der Waals surface area contributed by atoms with Crippen LogP contribution >= 0.6 is 11.8 Å². The van der Waals surface area contributed by atoms with E-state index in [4.69, 9.17) is 10.5 Å². The Labute approximate surface area is 111 Å². The van der Waals surface area contributed by atoms with Crippen molar-refractivity contribution in [2.75, 3.05) is 31.3 Å². The van der Waals surface area contributed by atoms with Crippen molar-refractivity contribution in [1.29, 1.82) is 0 Å². The van der Waals surface area contributed by atoms with Crippen LogP contribution in [0, 0.1) is 0 Å². The van der Waals surface area contributed by atoms with Crippen molar-refractivity contribution in [2.24, 2.45) is 5.73 Å². The number of aliphatic hydroxyl groups excluding tert-OH is 1. The zero-order valence-corrected chi connectivity index (χ0v) is 11.1. The summed E-state index contributed by atoms with van der Waals surface area (Å²) in [5, 5.41) is 12.3. The average molecular weight is 276 g/mol. The van der Waals surface area contributed by atoms with Gasteiger partial charge in [0.15, 0.2) is 0 Å². The van der Waals surface area contributed by atoms with Crippen LogP contribution in [0.3, 0.4) is 0 Å². The molecule has 1 rings (SSSR count). The maximum atomic E-state index is 11.7. The Morgan fingerprint density at radius 2 is 2.06 bits per heavy atom. The lowest BCUT2D eigenvalue weighted by molar-refractivity contribution is -0.125. The van der Waals surface area contributed by atoms with Gasteiger partial charge in [0.05, 0.1) is 17.9 Å². The Morgan fingerprint density at radius 3 is 2.61 bits per heavy atom. The molecule has 18 heavy (non-hydrogen) atoms. The normalized spacial score (nSPS) is 18.3. The summed E-state index contributed by atoms with van der Waals surface area (Å²) in [6.07, 6.45) is 1.58. The fourth-order valence-corrected chi connectivity index (χ4v) is 2.46. The number of carbonyl (C=O) groups excluding carboxylic acids is 2. The molecular formula is C11H20N2O4S. The molecule has 2 amide bonds. The van der Waals surface area contributed by atoms with Crippen molar-refractivity contribution in [3.63, 3.8) is 0 Å². The molecule has 0 aromatic carbocycles. The highest BCUT2D eigenvalue weighted by atomic mass is 32.2.